The molecule has 0 saturated carbocycles. The number of rotatable bonds is 5. The molecule has 3 heteroatoms. The summed E-state index contributed by atoms with van der Waals surface area (Å²) in [4.78, 5) is 0. The van der Waals surface area contributed by atoms with Crippen molar-refractivity contribution in [2.45, 2.75) is 32.9 Å². The van der Waals surface area contributed by atoms with Crippen LogP contribution in [0, 0.1) is 5.82 Å². The molecule has 0 aliphatic rings. The molecule has 0 amide bonds. The predicted octanol–water partition coefficient (Wildman–Crippen LogP) is 4.89. The van der Waals surface area contributed by atoms with Crippen molar-refractivity contribution in [2.75, 3.05) is 0 Å². The first kappa shape index (κ1) is 15.0. The number of nitrogens with one attached hydrogen (secondary N) is 1. The maximum Gasteiger partial charge on any atom is 0.141 e. The van der Waals surface area contributed by atoms with E-state index in [1.165, 1.54) is 17.2 Å². The number of benzene rings is 2. The van der Waals surface area contributed by atoms with Crippen molar-refractivity contribution in [3.05, 3.63) is 70.0 Å². The molecule has 0 spiro atoms. The molecular weight excluding hydrogens is 273 g/mol. The van der Waals surface area contributed by atoms with E-state index < -0.39 is 0 Å². The van der Waals surface area contributed by atoms with E-state index in [0.717, 1.165) is 12.1 Å². The zero-order chi connectivity index (χ0) is 14.5. The summed E-state index contributed by atoms with van der Waals surface area (Å²) in [6.45, 7) is 5.83. The molecule has 2 aromatic carbocycles. The third-order valence-corrected chi connectivity index (χ3v) is 3.58. The van der Waals surface area contributed by atoms with Crippen molar-refractivity contribution in [1.82, 2.24) is 5.32 Å². The fourth-order valence-corrected chi connectivity index (χ4v) is 2.22. The van der Waals surface area contributed by atoms with Gasteiger partial charge in [0.2, 0.25) is 0 Å². The maximum atomic E-state index is 13.0. The molecule has 1 N–H and O–H groups in total. The van der Waals surface area contributed by atoms with Crippen LogP contribution in [-0.4, -0.2) is 0 Å². The van der Waals surface area contributed by atoms with Gasteiger partial charge in [0.1, 0.15) is 5.82 Å². The molecule has 0 aromatic heterocycles. The highest BCUT2D eigenvalue weighted by molar-refractivity contribution is 6.30. The highest BCUT2D eigenvalue weighted by atomic mass is 35.5. The summed E-state index contributed by atoms with van der Waals surface area (Å²) in [6, 6.07) is 13.4. The highest BCUT2D eigenvalue weighted by Crippen LogP contribution is 2.16. The molecule has 1 nitrogen and oxygen atoms in total. The Balaban J connectivity index is 1.87. The van der Waals surface area contributed by atoms with Crippen LogP contribution in [0.1, 0.15) is 36.5 Å². The fraction of sp³-hybridized carbons (Fsp3) is 0.294. The number of hydrogen-bond donors (Lipinski definition) is 1. The van der Waals surface area contributed by atoms with Crippen LogP contribution in [0.3, 0.4) is 0 Å². The summed E-state index contributed by atoms with van der Waals surface area (Å²) in [7, 11) is 0. The zero-order valence-electron chi connectivity index (χ0n) is 11.8. The van der Waals surface area contributed by atoms with Crippen LogP contribution in [0.25, 0.3) is 0 Å². The van der Waals surface area contributed by atoms with Gasteiger partial charge < -0.3 is 5.32 Å². The topological polar surface area (TPSA) is 12.0 Å². The van der Waals surface area contributed by atoms with Gasteiger partial charge in [0.25, 0.3) is 0 Å². The fourth-order valence-electron chi connectivity index (χ4n) is 2.02. The van der Waals surface area contributed by atoms with Crippen molar-refractivity contribution >= 4 is 11.6 Å². The Morgan fingerprint density at radius 3 is 2.20 bits per heavy atom. The first-order valence-electron chi connectivity index (χ1n) is 6.79. The average Bonchev–Trinajstić information content (AvgIpc) is 2.43. The SMILES string of the molecule is CC(C)c1ccc(CNCc2ccc(F)c(Cl)c2)cc1. The van der Waals surface area contributed by atoms with Gasteiger partial charge in [-0.3, -0.25) is 0 Å². The lowest BCUT2D eigenvalue weighted by molar-refractivity contribution is 0.625. The third-order valence-electron chi connectivity index (χ3n) is 3.29. The summed E-state index contributed by atoms with van der Waals surface area (Å²) in [6.07, 6.45) is 0. The van der Waals surface area contributed by atoms with E-state index in [-0.39, 0.29) is 10.8 Å². The van der Waals surface area contributed by atoms with Gasteiger partial charge in [-0.05, 0) is 34.7 Å². The second-order valence-electron chi connectivity index (χ2n) is 5.25. The van der Waals surface area contributed by atoms with Crippen LogP contribution in [-0.2, 0) is 13.1 Å². The zero-order valence-corrected chi connectivity index (χ0v) is 12.5. The standard InChI is InChI=1S/C17H19ClFN/c1-12(2)15-6-3-13(4-7-15)10-20-11-14-5-8-17(19)16(18)9-14/h3-9,12,20H,10-11H2,1-2H3. The van der Waals surface area contributed by atoms with Gasteiger partial charge in [-0.15, -0.1) is 0 Å². The highest BCUT2D eigenvalue weighted by Gasteiger charge is 2.01. The van der Waals surface area contributed by atoms with Gasteiger partial charge in [0, 0.05) is 13.1 Å². The van der Waals surface area contributed by atoms with Crippen molar-refractivity contribution in [1.29, 1.82) is 0 Å². The van der Waals surface area contributed by atoms with Crippen LogP contribution in [0.15, 0.2) is 42.5 Å². The van der Waals surface area contributed by atoms with Gasteiger partial charge in [0.15, 0.2) is 0 Å². The molecule has 0 atom stereocenters. The van der Waals surface area contributed by atoms with Crippen LogP contribution in [0.4, 0.5) is 4.39 Å². The monoisotopic (exact) mass is 291 g/mol. The molecule has 2 rings (SSSR count). The van der Waals surface area contributed by atoms with E-state index in [1.807, 2.05) is 0 Å². The molecule has 0 unspecified atom stereocenters. The van der Waals surface area contributed by atoms with E-state index in [1.54, 1.807) is 12.1 Å². The average molecular weight is 292 g/mol. The lowest BCUT2D eigenvalue weighted by Gasteiger charge is -2.08. The molecule has 0 aliphatic heterocycles. The second kappa shape index (κ2) is 6.87. The molecule has 0 radical (unpaired) electrons. The molecule has 20 heavy (non-hydrogen) atoms. The summed E-state index contributed by atoms with van der Waals surface area (Å²) in [5.74, 6) is 0.179. The van der Waals surface area contributed by atoms with Crippen LogP contribution >= 0.6 is 11.6 Å². The predicted molar refractivity (Wildman–Crippen MR) is 82.5 cm³/mol. The Bertz CT molecular complexity index is 564. The van der Waals surface area contributed by atoms with E-state index >= 15 is 0 Å². The van der Waals surface area contributed by atoms with E-state index in [9.17, 15) is 4.39 Å². The molecule has 0 heterocycles. The number of hydrogen-bond acceptors (Lipinski definition) is 1. The van der Waals surface area contributed by atoms with Gasteiger partial charge in [-0.25, -0.2) is 4.39 Å². The van der Waals surface area contributed by atoms with Crippen molar-refractivity contribution in [3.8, 4) is 0 Å². The summed E-state index contributed by atoms with van der Waals surface area (Å²) < 4.78 is 13.0. The minimum atomic E-state index is -0.375. The Morgan fingerprint density at radius 1 is 1.00 bits per heavy atom. The molecule has 0 saturated heterocycles. The minimum Gasteiger partial charge on any atom is -0.309 e. The van der Waals surface area contributed by atoms with Gasteiger partial charge in [-0.1, -0.05) is 55.8 Å². The molecule has 2 aromatic rings. The lowest BCUT2D eigenvalue weighted by Crippen LogP contribution is -2.12. The van der Waals surface area contributed by atoms with Crippen LogP contribution < -0.4 is 5.32 Å². The Labute approximate surface area is 124 Å². The first-order chi connectivity index (χ1) is 9.56. The lowest BCUT2D eigenvalue weighted by atomic mass is 10.0. The van der Waals surface area contributed by atoms with E-state index in [4.69, 9.17) is 11.6 Å². The van der Waals surface area contributed by atoms with E-state index in [2.05, 4.69) is 43.4 Å². The van der Waals surface area contributed by atoms with Crippen molar-refractivity contribution < 1.29 is 4.39 Å². The molecular formula is C17H19ClFN. The normalized spacial score (nSPS) is 11.1. The Hall–Kier alpha value is -1.38. The second-order valence-corrected chi connectivity index (χ2v) is 5.66. The third kappa shape index (κ3) is 4.06. The molecule has 0 fully saturated rings. The van der Waals surface area contributed by atoms with E-state index in [0.29, 0.717) is 12.5 Å². The van der Waals surface area contributed by atoms with Gasteiger partial charge in [0.05, 0.1) is 5.02 Å². The first-order valence-corrected chi connectivity index (χ1v) is 7.17. The van der Waals surface area contributed by atoms with Crippen molar-refractivity contribution in [3.63, 3.8) is 0 Å². The molecule has 0 bridgehead atoms. The Morgan fingerprint density at radius 2 is 1.60 bits per heavy atom. The summed E-state index contributed by atoms with van der Waals surface area (Å²) in [5.41, 5.74) is 3.57. The maximum absolute atomic E-state index is 13.0. The number of halogens is 2. The van der Waals surface area contributed by atoms with Gasteiger partial charge >= 0.3 is 0 Å². The largest absolute Gasteiger partial charge is 0.309 e. The Kier molecular flexibility index (Phi) is 5.16. The molecule has 106 valence electrons. The summed E-state index contributed by atoms with van der Waals surface area (Å²) >= 11 is 5.75. The smallest absolute Gasteiger partial charge is 0.141 e. The van der Waals surface area contributed by atoms with Gasteiger partial charge in [-0.2, -0.15) is 0 Å². The van der Waals surface area contributed by atoms with Crippen LogP contribution in [0.2, 0.25) is 5.02 Å². The quantitative estimate of drug-likeness (QED) is 0.827. The van der Waals surface area contributed by atoms with Crippen molar-refractivity contribution in [2.24, 2.45) is 0 Å². The minimum absolute atomic E-state index is 0.172. The van der Waals surface area contributed by atoms with Crippen LogP contribution in [0.5, 0.6) is 0 Å². The summed E-state index contributed by atoms with van der Waals surface area (Å²) in [5, 5.41) is 3.50. The molecule has 0 aliphatic carbocycles.